The van der Waals surface area contributed by atoms with Crippen LogP contribution in [-0.4, -0.2) is 52.9 Å². The number of benzene rings is 1. The van der Waals surface area contributed by atoms with Gasteiger partial charge in [0, 0.05) is 25.2 Å². The molecule has 0 spiro atoms. The number of hydrogen-bond acceptors (Lipinski definition) is 7. The maximum Gasteiger partial charge on any atom is 0.410 e. The second kappa shape index (κ2) is 9.01. The third kappa shape index (κ3) is 4.76. The summed E-state index contributed by atoms with van der Waals surface area (Å²) >= 11 is 0. The van der Waals surface area contributed by atoms with Gasteiger partial charge in [-0.05, 0) is 40.5 Å². The van der Waals surface area contributed by atoms with Gasteiger partial charge in [-0.2, -0.15) is 0 Å². The number of aromatic nitrogens is 1. The number of carbonyl (C=O) groups excluding carboxylic acids is 2. The molecule has 11 heteroatoms. The fourth-order valence-electron chi connectivity index (χ4n) is 4.12. The number of likely N-dealkylation sites (tertiary alicyclic amines) is 1. The maximum absolute atomic E-state index is 15.7. The summed E-state index contributed by atoms with van der Waals surface area (Å²) < 4.78 is 48.4. The van der Waals surface area contributed by atoms with Crippen molar-refractivity contribution in [2.75, 3.05) is 25.4 Å². The normalized spacial score (nSPS) is 18.1. The van der Waals surface area contributed by atoms with Gasteiger partial charge in [0.2, 0.25) is 5.43 Å². The number of nitrogens with zero attached hydrogens (tertiary/aromatic N) is 2. The van der Waals surface area contributed by atoms with E-state index >= 15 is 8.78 Å². The minimum Gasteiger partial charge on any atom is -0.482 e. The van der Waals surface area contributed by atoms with E-state index in [4.69, 9.17) is 19.9 Å². The molecule has 1 aromatic heterocycles. The van der Waals surface area contributed by atoms with E-state index in [0.29, 0.717) is 25.8 Å². The zero-order valence-corrected chi connectivity index (χ0v) is 20.2. The first kappa shape index (κ1) is 24.7. The molecule has 1 saturated carbocycles. The Balaban J connectivity index is 1.73. The molecule has 2 N–H and O–H groups in total. The van der Waals surface area contributed by atoms with Gasteiger partial charge < -0.3 is 29.4 Å². The van der Waals surface area contributed by atoms with Crippen LogP contribution >= 0.6 is 0 Å². The Morgan fingerprint density at radius 1 is 1.17 bits per heavy atom. The van der Waals surface area contributed by atoms with E-state index < -0.39 is 57.7 Å². The fraction of sp³-hybridized carbons (Fsp3) is 0.542. The largest absolute Gasteiger partial charge is 0.482 e. The second-order valence-corrected chi connectivity index (χ2v) is 9.78. The van der Waals surface area contributed by atoms with Crippen LogP contribution in [0, 0.1) is 11.6 Å². The smallest absolute Gasteiger partial charge is 0.410 e. The summed E-state index contributed by atoms with van der Waals surface area (Å²) in [6.07, 6.45) is 1.71. The first-order valence-corrected chi connectivity index (χ1v) is 11.6. The lowest BCUT2D eigenvalue weighted by Gasteiger charge is -2.24. The number of halogens is 2. The van der Waals surface area contributed by atoms with Crippen LogP contribution in [0.1, 0.15) is 63.4 Å². The van der Waals surface area contributed by atoms with Gasteiger partial charge in [0.25, 0.3) is 0 Å². The van der Waals surface area contributed by atoms with Crippen molar-refractivity contribution in [3.8, 4) is 5.75 Å². The Morgan fingerprint density at radius 3 is 2.46 bits per heavy atom. The van der Waals surface area contributed by atoms with E-state index in [2.05, 4.69) is 0 Å². The van der Waals surface area contributed by atoms with E-state index in [0.717, 1.165) is 0 Å². The molecule has 1 aliphatic heterocycles. The van der Waals surface area contributed by atoms with Gasteiger partial charge in [-0.25, -0.2) is 18.4 Å². The minimum absolute atomic E-state index is 0.0341. The molecule has 0 radical (unpaired) electrons. The molecule has 190 valence electrons. The number of ether oxygens (including phenoxy) is 3. The highest BCUT2D eigenvalue weighted by molar-refractivity contribution is 5.99. The number of carbonyl (C=O) groups is 2. The molecule has 35 heavy (non-hydrogen) atoms. The Bertz CT molecular complexity index is 1250. The number of nitrogens with two attached hydrogens (primary N) is 1. The zero-order valence-electron chi connectivity index (χ0n) is 20.2. The monoisotopic (exact) mass is 493 g/mol. The summed E-state index contributed by atoms with van der Waals surface area (Å²) in [6.45, 7) is 7.21. The summed E-state index contributed by atoms with van der Waals surface area (Å²) in [6, 6.07) is -0.173. The lowest BCUT2D eigenvalue weighted by Crippen LogP contribution is -2.36. The molecular weight excluding hydrogens is 464 g/mol. The number of fused-ring (bicyclic) bond motifs is 1. The zero-order chi connectivity index (χ0) is 25.7. The minimum atomic E-state index is -1.23. The highest BCUT2D eigenvalue weighted by atomic mass is 19.1. The SMILES string of the molecule is CCOC(=O)c1cn(C2CC2)c2c(F)c(OC3CCN(C(=O)OC(C)(C)C)C3)c(F)c(N)c2c1=O. The molecule has 2 heterocycles. The standard InChI is InChI=1S/C24H29F2N3O6/c1-5-33-22(31)14-11-29(12-6-7-12)19-15(20(14)30)18(27)16(25)21(17(19)26)34-13-8-9-28(10-13)23(32)35-24(2,3)4/h11-13H,5-10,27H2,1-4H3. The van der Waals surface area contributed by atoms with Gasteiger partial charge >= 0.3 is 12.1 Å². The van der Waals surface area contributed by atoms with Crippen LogP contribution in [0.25, 0.3) is 10.9 Å². The Labute approximate surface area is 200 Å². The van der Waals surface area contributed by atoms with E-state index in [1.54, 1.807) is 27.7 Å². The second-order valence-electron chi connectivity index (χ2n) is 9.78. The van der Waals surface area contributed by atoms with Crippen molar-refractivity contribution in [2.45, 2.75) is 64.7 Å². The number of anilines is 1. The van der Waals surface area contributed by atoms with E-state index in [1.807, 2.05) is 0 Å². The summed E-state index contributed by atoms with van der Waals surface area (Å²) in [5.41, 5.74) is 3.21. The fourth-order valence-corrected chi connectivity index (χ4v) is 4.12. The first-order chi connectivity index (χ1) is 16.4. The third-order valence-electron chi connectivity index (χ3n) is 5.86. The van der Waals surface area contributed by atoms with Crippen molar-refractivity contribution < 1.29 is 32.6 Å². The van der Waals surface area contributed by atoms with Crippen LogP contribution in [0.4, 0.5) is 19.3 Å². The lowest BCUT2D eigenvalue weighted by atomic mass is 10.1. The predicted molar refractivity (Wildman–Crippen MR) is 124 cm³/mol. The van der Waals surface area contributed by atoms with Crippen LogP contribution in [0.3, 0.4) is 0 Å². The third-order valence-corrected chi connectivity index (χ3v) is 5.86. The van der Waals surface area contributed by atoms with E-state index in [9.17, 15) is 14.4 Å². The highest BCUT2D eigenvalue weighted by Crippen LogP contribution is 2.42. The van der Waals surface area contributed by atoms with Gasteiger partial charge in [0.1, 0.15) is 17.3 Å². The molecule has 1 unspecified atom stereocenters. The number of nitrogen functional groups attached to an aromatic ring is 1. The number of hydrogen-bond donors (Lipinski definition) is 1. The summed E-state index contributed by atoms with van der Waals surface area (Å²) in [7, 11) is 0. The van der Waals surface area contributed by atoms with Crippen molar-refractivity contribution >= 4 is 28.7 Å². The predicted octanol–water partition coefficient (Wildman–Crippen LogP) is 3.76. The van der Waals surface area contributed by atoms with Gasteiger partial charge in [-0.1, -0.05) is 0 Å². The van der Waals surface area contributed by atoms with Crippen LogP contribution in [-0.2, 0) is 9.47 Å². The Kier molecular flexibility index (Phi) is 6.37. The quantitative estimate of drug-likeness (QED) is 0.498. The van der Waals surface area contributed by atoms with Gasteiger partial charge in [-0.3, -0.25) is 4.79 Å². The highest BCUT2D eigenvalue weighted by Gasteiger charge is 2.35. The van der Waals surface area contributed by atoms with Gasteiger partial charge in [0.15, 0.2) is 17.4 Å². The molecular formula is C24H29F2N3O6. The number of esters is 1. The summed E-state index contributed by atoms with van der Waals surface area (Å²) in [4.78, 5) is 39.1. The maximum atomic E-state index is 15.7. The molecule has 2 aromatic rings. The molecule has 1 aliphatic carbocycles. The van der Waals surface area contributed by atoms with E-state index in [-0.39, 0.29) is 30.3 Å². The number of rotatable bonds is 5. The van der Waals surface area contributed by atoms with Crippen LogP contribution in [0.5, 0.6) is 5.75 Å². The molecule has 4 rings (SSSR count). The topological polar surface area (TPSA) is 113 Å². The van der Waals surface area contributed by atoms with Crippen LogP contribution in [0.2, 0.25) is 0 Å². The van der Waals surface area contributed by atoms with Crippen molar-refractivity contribution in [2.24, 2.45) is 0 Å². The molecule has 1 saturated heterocycles. The lowest BCUT2D eigenvalue weighted by molar-refractivity contribution is 0.0274. The Morgan fingerprint density at radius 2 is 1.86 bits per heavy atom. The molecule has 1 aromatic carbocycles. The van der Waals surface area contributed by atoms with Crippen molar-refractivity contribution in [1.82, 2.24) is 9.47 Å². The van der Waals surface area contributed by atoms with Gasteiger partial charge in [0.05, 0.1) is 29.7 Å². The molecule has 1 amide bonds. The van der Waals surface area contributed by atoms with Crippen molar-refractivity contribution in [3.05, 3.63) is 33.6 Å². The van der Waals surface area contributed by atoms with Gasteiger partial charge in [-0.15, -0.1) is 0 Å². The molecule has 9 nitrogen and oxygen atoms in total. The summed E-state index contributed by atoms with van der Waals surface area (Å²) in [5.74, 6) is -3.92. The molecule has 1 atom stereocenters. The van der Waals surface area contributed by atoms with Crippen LogP contribution < -0.4 is 15.9 Å². The molecule has 2 aliphatic rings. The van der Waals surface area contributed by atoms with Crippen molar-refractivity contribution in [3.63, 3.8) is 0 Å². The van der Waals surface area contributed by atoms with Crippen molar-refractivity contribution in [1.29, 1.82) is 0 Å². The average molecular weight is 494 g/mol. The summed E-state index contributed by atoms with van der Waals surface area (Å²) in [5, 5.41) is -0.424. The number of pyridine rings is 1. The molecule has 2 fully saturated rings. The molecule has 0 bridgehead atoms. The average Bonchev–Trinajstić information content (AvgIpc) is 3.51. The van der Waals surface area contributed by atoms with E-state index in [1.165, 1.54) is 15.7 Å². The first-order valence-electron chi connectivity index (χ1n) is 11.6. The number of amides is 1. The van der Waals surface area contributed by atoms with Crippen LogP contribution in [0.15, 0.2) is 11.0 Å². The Hall–Kier alpha value is -3.37.